The van der Waals surface area contributed by atoms with Gasteiger partial charge in [0.1, 0.15) is 12.4 Å². The van der Waals surface area contributed by atoms with E-state index >= 15 is 0 Å². The molecule has 3 nitrogen and oxygen atoms in total. The van der Waals surface area contributed by atoms with E-state index in [1.54, 1.807) is 0 Å². The molecule has 2 rings (SSSR count). The monoisotopic (exact) mass is 267 g/mol. The summed E-state index contributed by atoms with van der Waals surface area (Å²) < 4.78 is 5.61. The van der Waals surface area contributed by atoms with Crippen LogP contribution in [0, 0.1) is 5.92 Å². The van der Waals surface area contributed by atoms with Gasteiger partial charge in [-0.2, -0.15) is 0 Å². The summed E-state index contributed by atoms with van der Waals surface area (Å²) in [5.41, 5.74) is 1.11. The molecule has 18 heavy (non-hydrogen) atoms. The first-order chi connectivity index (χ1) is 8.70. The van der Waals surface area contributed by atoms with Crippen LogP contribution in [-0.4, -0.2) is 24.4 Å². The van der Waals surface area contributed by atoms with Gasteiger partial charge >= 0.3 is 0 Å². The summed E-state index contributed by atoms with van der Waals surface area (Å²) in [6, 6.07) is 7.99. The Balaban J connectivity index is 1.94. The smallest absolute Gasteiger partial charge is 0.227 e. The summed E-state index contributed by atoms with van der Waals surface area (Å²) in [6.45, 7) is 2.42. The Morgan fingerprint density at radius 3 is 3.11 bits per heavy atom. The van der Waals surface area contributed by atoms with Crippen LogP contribution in [0.5, 0.6) is 5.75 Å². The van der Waals surface area contributed by atoms with Crippen LogP contribution in [0.25, 0.3) is 0 Å². The Bertz CT molecular complexity index is 422. The van der Waals surface area contributed by atoms with E-state index in [1.165, 1.54) is 0 Å². The molecule has 0 saturated heterocycles. The third-order valence-corrected chi connectivity index (χ3v) is 3.40. The second-order valence-electron chi connectivity index (χ2n) is 4.71. The molecule has 1 N–H and O–H groups in total. The SMILES string of the molecule is CC(CCCl)NC(=O)C1COc2ccccc2C1. The van der Waals surface area contributed by atoms with E-state index < -0.39 is 0 Å². The minimum Gasteiger partial charge on any atom is -0.492 e. The molecule has 1 amide bonds. The lowest BCUT2D eigenvalue weighted by molar-refractivity contribution is -0.126. The van der Waals surface area contributed by atoms with Crippen LogP contribution in [0.3, 0.4) is 0 Å². The summed E-state index contributed by atoms with van der Waals surface area (Å²) >= 11 is 5.66. The first kappa shape index (κ1) is 13.2. The van der Waals surface area contributed by atoms with E-state index in [-0.39, 0.29) is 17.9 Å². The van der Waals surface area contributed by atoms with E-state index in [0.29, 0.717) is 12.5 Å². The molecule has 1 aromatic carbocycles. The lowest BCUT2D eigenvalue weighted by atomic mass is 9.96. The van der Waals surface area contributed by atoms with Crippen molar-refractivity contribution in [1.82, 2.24) is 5.32 Å². The van der Waals surface area contributed by atoms with Crippen LogP contribution in [0.2, 0.25) is 0 Å². The molecule has 0 bridgehead atoms. The van der Waals surface area contributed by atoms with Gasteiger partial charge in [0, 0.05) is 11.9 Å². The molecule has 0 radical (unpaired) electrons. The number of nitrogens with one attached hydrogen (secondary N) is 1. The lowest BCUT2D eigenvalue weighted by Gasteiger charge is -2.25. The number of halogens is 1. The maximum atomic E-state index is 12.1. The fourth-order valence-corrected chi connectivity index (χ4v) is 2.42. The largest absolute Gasteiger partial charge is 0.492 e. The van der Waals surface area contributed by atoms with E-state index in [4.69, 9.17) is 16.3 Å². The van der Waals surface area contributed by atoms with Gasteiger partial charge in [0.05, 0.1) is 5.92 Å². The Morgan fingerprint density at radius 1 is 1.56 bits per heavy atom. The molecule has 1 aliphatic rings. The highest BCUT2D eigenvalue weighted by atomic mass is 35.5. The van der Waals surface area contributed by atoms with E-state index in [0.717, 1.165) is 24.2 Å². The molecule has 0 saturated carbocycles. The number of hydrogen-bond acceptors (Lipinski definition) is 2. The number of ether oxygens (including phenoxy) is 1. The van der Waals surface area contributed by atoms with E-state index in [9.17, 15) is 4.79 Å². The molecular formula is C14H18ClNO2. The number of amides is 1. The highest BCUT2D eigenvalue weighted by molar-refractivity contribution is 6.17. The van der Waals surface area contributed by atoms with Crippen LogP contribution in [0.4, 0.5) is 0 Å². The molecule has 1 heterocycles. The van der Waals surface area contributed by atoms with Crippen LogP contribution >= 0.6 is 11.6 Å². The normalized spacial score (nSPS) is 19.6. The number of hydrogen-bond donors (Lipinski definition) is 1. The van der Waals surface area contributed by atoms with Gasteiger partial charge in [-0.25, -0.2) is 0 Å². The molecule has 0 spiro atoms. The van der Waals surface area contributed by atoms with Crippen LogP contribution < -0.4 is 10.1 Å². The van der Waals surface area contributed by atoms with Crippen molar-refractivity contribution in [3.8, 4) is 5.75 Å². The first-order valence-electron chi connectivity index (χ1n) is 6.27. The molecule has 1 aliphatic heterocycles. The van der Waals surface area contributed by atoms with Crippen molar-refractivity contribution < 1.29 is 9.53 Å². The Kier molecular flexibility index (Phi) is 4.48. The van der Waals surface area contributed by atoms with Gasteiger partial charge in [0.2, 0.25) is 5.91 Å². The van der Waals surface area contributed by atoms with Gasteiger partial charge in [-0.1, -0.05) is 18.2 Å². The Hall–Kier alpha value is -1.22. The standard InChI is InChI=1S/C14H18ClNO2/c1-10(6-7-15)16-14(17)12-8-11-4-2-3-5-13(11)18-9-12/h2-5,10,12H,6-9H2,1H3,(H,16,17). The minimum absolute atomic E-state index is 0.0575. The molecule has 0 aromatic heterocycles. The quantitative estimate of drug-likeness (QED) is 0.851. The number of para-hydroxylation sites is 1. The van der Waals surface area contributed by atoms with Gasteiger partial charge in [0.25, 0.3) is 0 Å². The van der Waals surface area contributed by atoms with E-state index in [1.807, 2.05) is 31.2 Å². The van der Waals surface area contributed by atoms with Gasteiger partial charge < -0.3 is 10.1 Å². The van der Waals surface area contributed by atoms with E-state index in [2.05, 4.69) is 5.32 Å². The predicted octanol–water partition coefficient (Wildman–Crippen LogP) is 2.37. The third kappa shape index (κ3) is 3.16. The topological polar surface area (TPSA) is 38.3 Å². The summed E-state index contributed by atoms with van der Waals surface area (Å²) in [4.78, 5) is 12.1. The summed E-state index contributed by atoms with van der Waals surface area (Å²) in [5.74, 6) is 1.42. The van der Waals surface area contributed by atoms with Crippen LogP contribution in [-0.2, 0) is 11.2 Å². The predicted molar refractivity (Wildman–Crippen MR) is 72.1 cm³/mol. The second-order valence-corrected chi connectivity index (χ2v) is 5.09. The van der Waals surface area contributed by atoms with Gasteiger partial charge in [-0.3, -0.25) is 4.79 Å². The number of benzene rings is 1. The van der Waals surface area contributed by atoms with Gasteiger partial charge in [0.15, 0.2) is 0 Å². The Morgan fingerprint density at radius 2 is 2.33 bits per heavy atom. The van der Waals surface area contributed by atoms with Gasteiger partial charge in [-0.15, -0.1) is 11.6 Å². The van der Waals surface area contributed by atoms with Crippen molar-refractivity contribution in [2.45, 2.75) is 25.8 Å². The molecule has 1 aromatic rings. The number of rotatable bonds is 4. The molecule has 98 valence electrons. The number of carbonyl (C=O) groups is 1. The fourth-order valence-electron chi connectivity index (χ4n) is 2.09. The maximum absolute atomic E-state index is 12.1. The Labute approximate surface area is 112 Å². The van der Waals surface area contributed by atoms with Crippen molar-refractivity contribution in [3.63, 3.8) is 0 Å². The number of alkyl halides is 1. The highest BCUT2D eigenvalue weighted by Crippen LogP contribution is 2.26. The average molecular weight is 268 g/mol. The summed E-state index contributed by atoms with van der Waals surface area (Å²) in [5, 5.41) is 2.98. The number of carbonyl (C=O) groups excluding carboxylic acids is 1. The minimum atomic E-state index is -0.0994. The molecule has 0 fully saturated rings. The molecule has 4 heteroatoms. The zero-order valence-corrected chi connectivity index (χ0v) is 11.2. The van der Waals surface area contributed by atoms with Crippen LogP contribution in [0.15, 0.2) is 24.3 Å². The average Bonchev–Trinajstić information content (AvgIpc) is 2.38. The summed E-state index contributed by atoms with van der Waals surface area (Å²) in [6.07, 6.45) is 1.53. The zero-order chi connectivity index (χ0) is 13.0. The third-order valence-electron chi connectivity index (χ3n) is 3.18. The van der Waals surface area contributed by atoms with Crippen molar-refractivity contribution in [2.75, 3.05) is 12.5 Å². The molecule has 2 unspecified atom stereocenters. The van der Waals surface area contributed by atoms with Crippen molar-refractivity contribution in [1.29, 1.82) is 0 Å². The van der Waals surface area contributed by atoms with Crippen molar-refractivity contribution in [2.24, 2.45) is 5.92 Å². The van der Waals surface area contributed by atoms with Crippen molar-refractivity contribution >= 4 is 17.5 Å². The first-order valence-corrected chi connectivity index (χ1v) is 6.81. The highest BCUT2D eigenvalue weighted by Gasteiger charge is 2.26. The molecule has 2 atom stereocenters. The lowest BCUT2D eigenvalue weighted by Crippen LogP contribution is -2.41. The number of fused-ring (bicyclic) bond motifs is 1. The molecule has 0 aliphatic carbocycles. The second kappa shape index (κ2) is 6.10. The zero-order valence-electron chi connectivity index (χ0n) is 10.5. The summed E-state index contributed by atoms with van der Waals surface area (Å²) in [7, 11) is 0. The fraction of sp³-hybridized carbons (Fsp3) is 0.500. The van der Waals surface area contributed by atoms with Crippen LogP contribution in [0.1, 0.15) is 18.9 Å². The van der Waals surface area contributed by atoms with Crippen molar-refractivity contribution in [3.05, 3.63) is 29.8 Å². The van der Waals surface area contributed by atoms with Gasteiger partial charge in [-0.05, 0) is 31.4 Å². The maximum Gasteiger partial charge on any atom is 0.227 e. The molecular weight excluding hydrogens is 250 g/mol.